The normalized spacial score (nSPS) is 14.5. The number of halogens is 1. The van der Waals surface area contributed by atoms with Gasteiger partial charge in [-0.05, 0) is 42.2 Å². The third-order valence-corrected chi connectivity index (χ3v) is 4.35. The van der Waals surface area contributed by atoms with Crippen molar-refractivity contribution in [2.45, 2.75) is 6.42 Å². The Kier molecular flexibility index (Phi) is 4.34. The van der Waals surface area contributed by atoms with Crippen LogP contribution in [-0.4, -0.2) is 31.1 Å². The summed E-state index contributed by atoms with van der Waals surface area (Å²) in [5, 5.41) is 0.763. The Morgan fingerprint density at radius 2 is 1.77 bits per heavy atom. The van der Waals surface area contributed by atoms with E-state index < -0.39 is 0 Å². The zero-order valence-corrected chi connectivity index (χ0v) is 13.3. The minimum atomic E-state index is 0.0681. The third kappa shape index (κ3) is 3.25. The van der Waals surface area contributed by atoms with Gasteiger partial charge in [0.05, 0.1) is 0 Å². The van der Waals surface area contributed by atoms with Gasteiger partial charge in [-0.2, -0.15) is 0 Å². The highest BCUT2D eigenvalue weighted by molar-refractivity contribution is 6.30. The zero-order chi connectivity index (χ0) is 15.5. The number of benzene rings is 2. The Labute approximate surface area is 136 Å². The maximum absolute atomic E-state index is 12.4. The number of likely N-dealkylation sites (tertiary alicyclic amines) is 1. The first-order valence-corrected chi connectivity index (χ1v) is 7.83. The summed E-state index contributed by atoms with van der Waals surface area (Å²) in [4.78, 5) is 16.0. The van der Waals surface area contributed by atoms with Gasteiger partial charge in [-0.1, -0.05) is 41.9 Å². The summed E-state index contributed by atoms with van der Waals surface area (Å²) < 4.78 is 0. The second-order valence-corrected chi connectivity index (χ2v) is 6.22. The average Bonchev–Trinajstić information content (AvgIpc) is 2.52. The Morgan fingerprint density at radius 1 is 1.14 bits per heavy atom. The fourth-order valence-corrected chi connectivity index (χ4v) is 2.91. The summed E-state index contributed by atoms with van der Waals surface area (Å²) >= 11 is 5.90. The predicted molar refractivity (Wildman–Crippen MR) is 90.5 cm³/mol. The van der Waals surface area contributed by atoms with Crippen molar-refractivity contribution in [1.82, 2.24) is 4.90 Å². The van der Waals surface area contributed by atoms with Crippen LogP contribution in [-0.2, 0) is 6.42 Å². The molecular weight excluding hydrogens is 296 g/mol. The van der Waals surface area contributed by atoms with Crippen LogP contribution in [0.4, 0.5) is 10.5 Å². The van der Waals surface area contributed by atoms with Gasteiger partial charge in [-0.15, -0.1) is 0 Å². The summed E-state index contributed by atoms with van der Waals surface area (Å²) in [7, 11) is 1.82. The Hall–Kier alpha value is -2.00. The van der Waals surface area contributed by atoms with Crippen molar-refractivity contribution < 1.29 is 4.79 Å². The molecule has 3 nitrogen and oxygen atoms in total. The molecule has 114 valence electrons. The van der Waals surface area contributed by atoms with Crippen LogP contribution in [0.2, 0.25) is 5.02 Å². The van der Waals surface area contributed by atoms with Gasteiger partial charge in [-0.3, -0.25) is 4.90 Å². The van der Waals surface area contributed by atoms with E-state index >= 15 is 0 Å². The molecule has 0 saturated carbocycles. The largest absolute Gasteiger partial charge is 0.324 e. The minimum Gasteiger partial charge on any atom is -0.324 e. The van der Waals surface area contributed by atoms with E-state index in [-0.39, 0.29) is 6.03 Å². The molecule has 0 aromatic heterocycles. The SMILES string of the molecule is CN(C(=O)N1CC(Cc2ccc(Cl)cc2)C1)c1ccccc1. The molecule has 1 aliphatic heterocycles. The number of anilines is 1. The van der Waals surface area contributed by atoms with Crippen molar-refractivity contribution >= 4 is 23.3 Å². The van der Waals surface area contributed by atoms with Crippen LogP contribution in [0.15, 0.2) is 54.6 Å². The van der Waals surface area contributed by atoms with Gasteiger partial charge in [0.15, 0.2) is 0 Å². The quantitative estimate of drug-likeness (QED) is 0.837. The third-order valence-electron chi connectivity index (χ3n) is 4.10. The van der Waals surface area contributed by atoms with E-state index in [0.29, 0.717) is 5.92 Å². The molecule has 22 heavy (non-hydrogen) atoms. The van der Waals surface area contributed by atoms with Gasteiger partial charge in [0.2, 0.25) is 0 Å². The molecule has 0 unspecified atom stereocenters. The molecule has 1 heterocycles. The molecule has 1 saturated heterocycles. The second-order valence-electron chi connectivity index (χ2n) is 5.78. The summed E-state index contributed by atoms with van der Waals surface area (Å²) in [6.45, 7) is 1.64. The highest BCUT2D eigenvalue weighted by Crippen LogP contribution is 2.24. The molecule has 2 aromatic carbocycles. The Balaban J connectivity index is 1.52. The number of rotatable bonds is 3. The van der Waals surface area contributed by atoms with Crippen LogP contribution in [0.3, 0.4) is 0 Å². The number of carbonyl (C=O) groups excluding carboxylic acids is 1. The molecule has 3 rings (SSSR count). The number of hydrogen-bond donors (Lipinski definition) is 0. The predicted octanol–water partition coefficient (Wildman–Crippen LogP) is 4.07. The van der Waals surface area contributed by atoms with Crippen LogP contribution in [0, 0.1) is 5.92 Å². The van der Waals surface area contributed by atoms with Crippen molar-refractivity contribution in [2.75, 3.05) is 25.0 Å². The number of para-hydroxylation sites is 1. The van der Waals surface area contributed by atoms with Gasteiger partial charge in [-0.25, -0.2) is 4.79 Å². The maximum Gasteiger partial charge on any atom is 0.324 e. The first-order chi connectivity index (χ1) is 10.6. The van der Waals surface area contributed by atoms with E-state index in [9.17, 15) is 4.79 Å². The molecule has 0 aliphatic carbocycles. The van der Waals surface area contributed by atoms with Gasteiger partial charge in [0, 0.05) is 30.8 Å². The molecule has 0 radical (unpaired) electrons. The van der Waals surface area contributed by atoms with Crippen LogP contribution < -0.4 is 4.90 Å². The second kappa shape index (κ2) is 6.41. The van der Waals surface area contributed by atoms with Crippen molar-refractivity contribution in [3.63, 3.8) is 0 Å². The molecular formula is C18H19ClN2O. The minimum absolute atomic E-state index is 0.0681. The molecule has 2 aromatic rings. The molecule has 0 N–H and O–H groups in total. The zero-order valence-electron chi connectivity index (χ0n) is 12.6. The van der Waals surface area contributed by atoms with E-state index in [4.69, 9.17) is 11.6 Å². The van der Waals surface area contributed by atoms with Crippen molar-refractivity contribution in [2.24, 2.45) is 5.92 Å². The number of urea groups is 1. The fraction of sp³-hybridized carbons (Fsp3) is 0.278. The summed E-state index contributed by atoms with van der Waals surface area (Å²) in [6.07, 6.45) is 0.996. The lowest BCUT2D eigenvalue weighted by atomic mass is 9.92. The standard InChI is InChI=1S/C18H19ClN2O/c1-20(17-5-3-2-4-6-17)18(22)21-12-15(13-21)11-14-7-9-16(19)10-8-14/h2-10,15H,11-13H2,1H3. The fourth-order valence-electron chi connectivity index (χ4n) is 2.78. The lowest BCUT2D eigenvalue weighted by molar-refractivity contribution is 0.126. The molecule has 2 amide bonds. The van der Waals surface area contributed by atoms with Gasteiger partial charge in [0.25, 0.3) is 0 Å². The topological polar surface area (TPSA) is 23.6 Å². The van der Waals surface area contributed by atoms with Crippen molar-refractivity contribution in [1.29, 1.82) is 0 Å². The highest BCUT2D eigenvalue weighted by Gasteiger charge is 2.32. The molecule has 0 spiro atoms. The number of amides is 2. The van der Waals surface area contributed by atoms with Crippen LogP contribution in [0.5, 0.6) is 0 Å². The molecule has 4 heteroatoms. The molecule has 1 fully saturated rings. The van der Waals surface area contributed by atoms with Crippen molar-refractivity contribution in [3.8, 4) is 0 Å². The van der Waals surface area contributed by atoms with Crippen LogP contribution in [0.25, 0.3) is 0 Å². The molecule has 0 atom stereocenters. The number of nitrogens with zero attached hydrogens (tertiary/aromatic N) is 2. The smallest absolute Gasteiger partial charge is 0.324 e. The number of hydrogen-bond acceptors (Lipinski definition) is 1. The molecule has 1 aliphatic rings. The lowest BCUT2D eigenvalue weighted by Crippen LogP contribution is -2.54. The van der Waals surface area contributed by atoms with E-state index in [1.54, 1.807) is 4.90 Å². The van der Waals surface area contributed by atoms with Gasteiger partial charge in [0.1, 0.15) is 0 Å². The highest BCUT2D eigenvalue weighted by atomic mass is 35.5. The molecule has 0 bridgehead atoms. The summed E-state index contributed by atoms with van der Waals surface area (Å²) in [6, 6.07) is 17.8. The van der Waals surface area contributed by atoms with Gasteiger partial charge >= 0.3 is 6.03 Å². The summed E-state index contributed by atoms with van der Waals surface area (Å²) in [5.74, 6) is 0.536. The maximum atomic E-state index is 12.4. The lowest BCUT2D eigenvalue weighted by Gasteiger charge is -2.41. The van der Waals surface area contributed by atoms with E-state index in [2.05, 4.69) is 12.1 Å². The average molecular weight is 315 g/mol. The summed E-state index contributed by atoms with van der Waals surface area (Å²) in [5.41, 5.74) is 2.20. The van der Waals surface area contributed by atoms with Crippen molar-refractivity contribution in [3.05, 3.63) is 65.2 Å². The van der Waals surface area contributed by atoms with Gasteiger partial charge < -0.3 is 4.90 Å². The van der Waals surface area contributed by atoms with E-state index in [0.717, 1.165) is 30.2 Å². The first kappa shape index (κ1) is 14.9. The number of carbonyl (C=O) groups is 1. The van der Waals surface area contributed by atoms with Crippen LogP contribution in [0.1, 0.15) is 5.56 Å². The monoisotopic (exact) mass is 314 g/mol. The Morgan fingerprint density at radius 3 is 2.41 bits per heavy atom. The van der Waals surface area contributed by atoms with Crippen LogP contribution >= 0.6 is 11.6 Å². The van der Waals surface area contributed by atoms with E-state index in [1.165, 1.54) is 5.56 Å². The van der Waals surface area contributed by atoms with E-state index in [1.807, 2.05) is 54.4 Å². The first-order valence-electron chi connectivity index (χ1n) is 7.45. The Bertz CT molecular complexity index is 636.